The number of benzene rings is 1. The first-order chi connectivity index (χ1) is 9.15. The number of esters is 1. The molecule has 0 fully saturated rings. The van der Waals surface area contributed by atoms with Gasteiger partial charge < -0.3 is 9.46 Å². The Bertz CT molecular complexity index is 616. The third kappa shape index (κ3) is 3.29. The lowest BCUT2D eigenvalue weighted by Crippen LogP contribution is -2.17. The summed E-state index contributed by atoms with van der Waals surface area (Å²) in [6.07, 6.45) is 1.83. The molecule has 5 heteroatoms. The quantitative estimate of drug-likeness (QED) is 0.366. The second kappa shape index (κ2) is 6.41. The van der Waals surface area contributed by atoms with Gasteiger partial charge in [0.05, 0.1) is 6.61 Å². The summed E-state index contributed by atoms with van der Waals surface area (Å²) < 4.78 is 9.39. The molecule has 1 atom stereocenters. The van der Waals surface area contributed by atoms with Gasteiger partial charge in [-0.05, 0) is 65.6 Å². The van der Waals surface area contributed by atoms with E-state index in [0.717, 1.165) is 5.56 Å². The minimum atomic E-state index is -0.361. The number of nitrogens with one attached hydrogen (secondary N) is 1. The summed E-state index contributed by atoms with van der Waals surface area (Å²) in [5.74, 6) is -0.361. The first kappa shape index (κ1) is 14.4. The van der Waals surface area contributed by atoms with E-state index in [1.54, 1.807) is 6.92 Å². The van der Waals surface area contributed by atoms with E-state index in [4.69, 9.17) is 4.74 Å². The maximum atomic E-state index is 11.8. The highest BCUT2D eigenvalue weighted by Crippen LogP contribution is 2.31. The van der Waals surface area contributed by atoms with Crippen LogP contribution in [0, 0.1) is 3.57 Å². The van der Waals surface area contributed by atoms with Crippen molar-refractivity contribution in [2.24, 2.45) is 0 Å². The van der Waals surface area contributed by atoms with Crippen molar-refractivity contribution >= 4 is 50.7 Å². The van der Waals surface area contributed by atoms with Crippen LogP contribution in [0.2, 0.25) is 0 Å². The molecular formula is C14H14INO2S. The van der Waals surface area contributed by atoms with Crippen LogP contribution >= 0.6 is 33.3 Å². The fourth-order valence-electron chi connectivity index (χ4n) is 1.65. The van der Waals surface area contributed by atoms with Crippen molar-refractivity contribution in [3.8, 4) is 0 Å². The van der Waals surface area contributed by atoms with E-state index in [0.29, 0.717) is 12.3 Å². The number of carbonyl (C=O) groups is 1. The molecule has 3 nitrogen and oxygen atoms in total. The highest BCUT2D eigenvalue weighted by Gasteiger charge is 2.15. The summed E-state index contributed by atoms with van der Waals surface area (Å²) >= 11 is 2.29. The minimum Gasteiger partial charge on any atom is -0.461 e. The van der Waals surface area contributed by atoms with Crippen LogP contribution in [0.15, 0.2) is 34.5 Å². The number of rotatable bonds is 2. The SMILES string of the molecule is C/C=S1/NC(C(=O)OCC)=C=Cc2ccc(I)cc21. The van der Waals surface area contributed by atoms with E-state index in [-0.39, 0.29) is 16.6 Å². The first-order valence-corrected chi connectivity index (χ1v) is 8.25. The molecule has 2 rings (SSSR count). The smallest absolute Gasteiger partial charge is 0.363 e. The van der Waals surface area contributed by atoms with Crippen LogP contribution in [-0.2, 0) is 9.53 Å². The maximum Gasteiger partial charge on any atom is 0.363 e. The van der Waals surface area contributed by atoms with Crippen molar-refractivity contribution in [1.82, 2.24) is 4.72 Å². The van der Waals surface area contributed by atoms with Crippen molar-refractivity contribution in [3.63, 3.8) is 0 Å². The minimum absolute atomic E-state index is 0.320. The maximum absolute atomic E-state index is 11.8. The van der Waals surface area contributed by atoms with Gasteiger partial charge in [-0.2, -0.15) is 0 Å². The lowest BCUT2D eigenvalue weighted by Gasteiger charge is -2.13. The Morgan fingerprint density at radius 3 is 3.05 bits per heavy atom. The zero-order valence-electron chi connectivity index (χ0n) is 10.7. The second-order valence-electron chi connectivity index (χ2n) is 3.74. The summed E-state index contributed by atoms with van der Waals surface area (Å²) in [5.41, 5.74) is 4.46. The van der Waals surface area contributed by atoms with Gasteiger partial charge in [-0.25, -0.2) is 4.79 Å². The van der Waals surface area contributed by atoms with Gasteiger partial charge in [0.15, 0.2) is 5.70 Å². The molecule has 0 bridgehead atoms. The Balaban J connectivity index is 2.49. The Kier molecular flexibility index (Phi) is 4.85. The number of hydrogen-bond donors (Lipinski definition) is 1. The number of ether oxygens (including phenoxy) is 1. The predicted octanol–water partition coefficient (Wildman–Crippen LogP) is 3.32. The average Bonchev–Trinajstić information content (AvgIpc) is 2.58. The highest BCUT2D eigenvalue weighted by molar-refractivity contribution is 14.1. The molecule has 100 valence electrons. The predicted molar refractivity (Wildman–Crippen MR) is 88.0 cm³/mol. The molecule has 0 amide bonds. The molecule has 0 aliphatic carbocycles. The molecule has 0 radical (unpaired) electrons. The van der Waals surface area contributed by atoms with Gasteiger partial charge in [0, 0.05) is 8.47 Å². The Morgan fingerprint density at radius 2 is 2.37 bits per heavy atom. The largest absolute Gasteiger partial charge is 0.461 e. The Labute approximate surface area is 128 Å². The summed E-state index contributed by atoms with van der Waals surface area (Å²) in [5, 5.41) is 2.05. The molecule has 1 aliphatic rings. The lowest BCUT2D eigenvalue weighted by molar-refractivity contribution is -0.138. The number of fused-ring (bicyclic) bond motifs is 1. The topological polar surface area (TPSA) is 38.3 Å². The van der Waals surface area contributed by atoms with Crippen molar-refractivity contribution in [1.29, 1.82) is 0 Å². The molecule has 0 aromatic heterocycles. The summed E-state index contributed by atoms with van der Waals surface area (Å²) in [6, 6.07) is 6.21. The van der Waals surface area contributed by atoms with Crippen molar-refractivity contribution in [2.75, 3.05) is 6.61 Å². The molecule has 0 saturated heterocycles. The summed E-state index contributed by atoms with van der Waals surface area (Å²) in [6.45, 7) is 4.13. The van der Waals surface area contributed by atoms with Gasteiger partial charge in [0.1, 0.15) is 0 Å². The number of halogens is 1. The lowest BCUT2D eigenvalue weighted by atomic mass is 10.2. The van der Waals surface area contributed by atoms with E-state index >= 15 is 0 Å². The summed E-state index contributed by atoms with van der Waals surface area (Å²) in [4.78, 5) is 13.0. The third-order valence-corrected chi connectivity index (χ3v) is 4.91. The van der Waals surface area contributed by atoms with Crippen LogP contribution in [0.5, 0.6) is 0 Å². The van der Waals surface area contributed by atoms with E-state index in [1.807, 2.05) is 25.1 Å². The zero-order valence-corrected chi connectivity index (χ0v) is 13.7. The molecule has 19 heavy (non-hydrogen) atoms. The molecule has 1 unspecified atom stereocenters. The van der Waals surface area contributed by atoms with Crippen LogP contribution in [0.1, 0.15) is 19.4 Å². The first-order valence-electron chi connectivity index (χ1n) is 5.88. The van der Waals surface area contributed by atoms with E-state index in [9.17, 15) is 4.79 Å². The van der Waals surface area contributed by atoms with Gasteiger partial charge in [0.2, 0.25) is 0 Å². The van der Waals surface area contributed by atoms with Crippen LogP contribution in [-0.4, -0.2) is 17.9 Å². The van der Waals surface area contributed by atoms with Gasteiger partial charge in [-0.15, -0.1) is 0 Å². The van der Waals surface area contributed by atoms with E-state index in [1.165, 1.54) is 8.47 Å². The van der Waals surface area contributed by atoms with Crippen molar-refractivity contribution in [3.05, 3.63) is 38.8 Å². The van der Waals surface area contributed by atoms with Gasteiger partial charge >= 0.3 is 5.97 Å². The second-order valence-corrected chi connectivity index (χ2v) is 6.78. The van der Waals surface area contributed by atoms with E-state index in [2.05, 4.69) is 44.5 Å². The molecule has 1 aromatic rings. The Morgan fingerprint density at radius 1 is 1.58 bits per heavy atom. The highest BCUT2D eigenvalue weighted by atomic mass is 127. The van der Waals surface area contributed by atoms with Gasteiger partial charge in [-0.1, -0.05) is 22.5 Å². The third-order valence-electron chi connectivity index (χ3n) is 2.51. The zero-order chi connectivity index (χ0) is 13.8. The van der Waals surface area contributed by atoms with Crippen LogP contribution in [0.3, 0.4) is 0 Å². The van der Waals surface area contributed by atoms with Crippen LogP contribution < -0.4 is 4.72 Å². The molecule has 1 aromatic carbocycles. The number of carbonyl (C=O) groups excluding carboxylic acids is 1. The van der Waals surface area contributed by atoms with Gasteiger partial charge in [0.25, 0.3) is 0 Å². The summed E-state index contributed by atoms with van der Waals surface area (Å²) in [7, 11) is -0.320. The van der Waals surface area contributed by atoms with Crippen molar-refractivity contribution in [2.45, 2.75) is 18.7 Å². The van der Waals surface area contributed by atoms with Gasteiger partial charge in [-0.3, -0.25) is 0 Å². The monoisotopic (exact) mass is 387 g/mol. The molecule has 1 heterocycles. The van der Waals surface area contributed by atoms with Crippen LogP contribution in [0.4, 0.5) is 0 Å². The molecule has 0 spiro atoms. The molecule has 0 saturated carbocycles. The normalized spacial score (nSPS) is 17.2. The molecule has 1 aliphatic heterocycles. The van der Waals surface area contributed by atoms with Crippen molar-refractivity contribution < 1.29 is 9.53 Å². The fourth-order valence-corrected chi connectivity index (χ4v) is 3.83. The molecule has 1 N–H and O–H groups in total. The number of hydrogen-bond acceptors (Lipinski definition) is 3. The fraction of sp³-hybridized carbons (Fsp3) is 0.214. The molecular weight excluding hydrogens is 373 g/mol. The average molecular weight is 387 g/mol. The van der Waals surface area contributed by atoms with Crippen LogP contribution in [0.25, 0.3) is 6.08 Å². The van der Waals surface area contributed by atoms with E-state index < -0.39 is 0 Å². The Hall–Kier alpha value is -1.04. The standard InChI is InChI=1S/C14H14INO2S/c1-3-18-14(17)12-8-6-10-5-7-11(15)9-13(10)19(4-2)16-12/h4-7,9,16H,3H2,1-2H3.